The lowest BCUT2D eigenvalue weighted by molar-refractivity contribution is -0.129. The summed E-state index contributed by atoms with van der Waals surface area (Å²) in [5.41, 5.74) is 2.57. The molecule has 0 bridgehead atoms. The summed E-state index contributed by atoms with van der Waals surface area (Å²) < 4.78 is 32.1. The highest BCUT2D eigenvalue weighted by Gasteiger charge is 2.25. The van der Waals surface area contributed by atoms with E-state index in [1.165, 1.54) is 17.6 Å². The topological polar surface area (TPSA) is 95.9 Å². The average Bonchev–Trinajstić information content (AvgIpc) is 2.63. The van der Waals surface area contributed by atoms with E-state index in [9.17, 15) is 13.2 Å². The number of ether oxygens (including phenoxy) is 1. The molecular formula is C18H22N2O5S. The largest absolute Gasteiger partial charge is 0.457 e. The highest BCUT2D eigenvalue weighted by Crippen LogP contribution is 2.24. The van der Waals surface area contributed by atoms with Gasteiger partial charge in [-0.05, 0) is 49.7 Å². The molecule has 0 spiro atoms. The lowest BCUT2D eigenvalue weighted by Gasteiger charge is -2.20. The summed E-state index contributed by atoms with van der Waals surface area (Å²) in [6, 6.07) is 13.5. The van der Waals surface area contributed by atoms with E-state index in [4.69, 9.17) is 9.94 Å². The van der Waals surface area contributed by atoms with E-state index in [-0.39, 0.29) is 11.4 Å². The Hall–Kier alpha value is -2.42. The average molecular weight is 378 g/mol. The van der Waals surface area contributed by atoms with Crippen molar-refractivity contribution in [3.8, 4) is 11.5 Å². The Balaban J connectivity index is 2.18. The van der Waals surface area contributed by atoms with Gasteiger partial charge < -0.3 is 4.74 Å². The van der Waals surface area contributed by atoms with Gasteiger partial charge in [0.25, 0.3) is 5.91 Å². The molecule has 0 aliphatic rings. The smallest absolute Gasteiger partial charge is 0.258 e. The van der Waals surface area contributed by atoms with Crippen molar-refractivity contribution in [3.63, 3.8) is 0 Å². The van der Waals surface area contributed by atoms with Crippen molar-refractivity contribution in [2.45, 2.75) is 25.2 Å². The van der Waals surface area contributed by atoms with E-state index in [2.05, 4.69) is 0 Å². The minimum Gasteiger partial charge on any atom is -0.457 e. The van der Waals surface area contributed by atoms with E-state index in [0.29, 0.717) is 17.9 Å². The van der Waals surface area contributed by atoms with Crippen LogP contribution in [0.25, 0.3) is 0 Å². The summed E-state index contributed by atoms with van der Waals surface area (Å²) in [7, 11) is -3.86. The maximum absolute atomic E-state index is 12.7. The zero-order chi connectivity index (χ0) is 19.2. The van der Waals surface area contributed by atoms with Gasteiger partial charge in [0, 0.05) is 6.54 Å². The monoisotopic (exact) mass is 378 g/mol. The maximum atomic E-state index is 12.7. The SMILES string of the molecule is CCCN(CC(=O)NO)S(=O)(=O)c1ccc(Oc2ccc(C)cc2)cc1. The number of sulfonamides is 1. The van der Waals surface area contributed by atoms with Gasteiger partial charge in [-0.15, -0.1) is 0 Å². The van der Waals surface area contributed by atoms with Gasteiger partial charge in [0.05, 0.1) is 11.4 Å². The van der Waals surface area contributed by atoms with Crippen LogP contribution in [0.2, 0.25) is 0 Å². The van der Waals surface area contributed by atoms with Gasteiger partial charge in [0.2, 0.25) is 10.0 Å². The van der Waals surface area contributed by atoms with E-state index >= 15 is 0 Å². The highest BCUT2D eigenvalue weighted by molar-refractivity contribution is 7.89. The fourth-order valence-corrected chi connectivity index (χ4v) is 3.79. The zero-order valence-corrected chi connectivity index (χ0v) is 15.5. The molecular weight excluding hydrogens is 356 g/mol. The number of hydrogen-bond donors (Lipinski definition) is 2. The summed E-state index contributed by atoms with van der Waals surface area (Å²) in [6.45, 7) is 3.49. The van der Waals surface area contributed by atoms with Crippen LogP contribution in [0.5, 0.6) is 11.5 Å². The molecule has 0 aromatic heterocycles. The van der Waals surface area contributed by atoms with Crippen LogP contribution in [-0.4, -0.2) is 36.9 Å². The Morgan fingerprint density at radius 1 is 1.08 bits per heavy atom. The molecule has 0 radical (unpaired) electrons. The molecule has 2 N–H and O–H groups in total. The third-order valence-corrected chi connectivity index (χ3v) is 5.50. The van der Waals surface area contributed by atoms with Crippen molar-refractivity contribution >= 4 is 15.9 Å². The molecule has 2 rings (SSSR count). The van der Waals surface area contributed by atoms with Gasteiger partial charge in [-0.1, -0.05) is 24.6 Å². The van der Waals surface area contributed by atoms with Crippen LogP contribution in [0, 0.1) is 6.92 Å². The molecule has 26 heavy (non-hydrogen) atoms. The summed E-state index contributed by atoms with van der Waals surface area (Å²) in [5.74, 6) is 0.364. The molecule has 0 saturated heterocycles. The van der Waals surface area contributed by atoms with Crippen molar-refractivity contribution in [2.75, 3.05) is 13.1 Å². The minimum absolute atomic E-state index is 0.0490. The van der Waals surface area contributed by atoms with Crippen molar-refractivity contribution in [1.29, 1.82) is 0 Å². The lowest BCUT2D eigenvalue weighted by atomic mass is 10.2. The molecule has 0 aliphatic carbocycles. The Labute approximate surface area is 153 Å². The van der Waals surface area contributed by atoms with E-state index < -0.39 is 22.5 Å². The van der Waals surface area contributed by atoms with Crippen molar-refractivity contribution < 1.29 is 23.2 Å². The standard InChI is InChI=1S/C18H22N2O5S/c1-3-12-20(13-18(21)19-22)26(23,24)17-10-8-16(9-11-17)25-15-6-4-14(2)5-7-15/h4-11,22H,3,12-13H2,1-2H3,(H,19,21). The minimum atomic E-state index is -3.86. The van der Waals surface area contributed by atoms with Crippen LogP contribution in [0.15, 0.2) is 53.4 Å². The third-order valence-electron chi connectivity index (χ3n) is 3.64. The normalized spacial score (nSPS) is 11.4. The van der Waals surface area contributed by atoms with Gasteiger partial charge in [0.15, 0.2) is 0 Å². The van der Waals surface area contributed by atoms with Crippen LogP contribution < -0.4 is 10.2 Å². The number of nitrogens with one attached hydrogen (secondary N) is 1. The van der Waals surface area contributed by atoms with Gasteiger partial charge in [-0.2, -0.15) is 4.31 Å². The molecule has 0 aliphatic heterocycles. The number of nitrogens with zero attached hydrogens (tertiary/aromatic N) is 1. The summed E-state index contributed by atoms with van der Waals surface area (Å²) in [5, 5.41) is 8.64. The van der Waals surface area contributed by atoms with E-state index in [1.807, 2.05) is 31.2 Å². The number of rotatable bonds is 8. The molecule has 2 aromatic carbocycles. The van der Waals surface area contributed by atoms with Crippen LogP contribution in [0.1, 0.15) is 18.9 Å². The van der Waals surface area contributed by atoms with Crippen LogP contribution in [-0.2, 0) is 14.8 Å². The molecule has 2 aromatic rings. The van der Waals surface area contributed by atoms with Crippen molar-refractivity contribution in [3.05, 3.63) is 54.1 Å². The van der Waals surface area contributed by atoms with Gasteiger partial charge in [0.1, 0.15) is 11.5 Å². The Morgan fingerprint density at radius 3 is 2.12 bits per heavy atom. The number of hydrogen-bond acceptors (Lipinski definition) is 5. The fourth-order valence-electron chi connectivity index (χ4n) is 2.30. The first kappa shape index (κ1) is 19.9. The van der Waals surface area contributed by atoms with Gasteiger partial charge in [-0.3, -0.25) is 10.0 Å². The van der Waals surface area contributed by atoms with Crippen molar-refractivity contribution in [1.82, 2.24) is 9.79 Å². The highest BCUT2D eigenvalue weighted by atomic mass is 32.2. The predicted octanol–water partition coefficient (Wildman–Crippen LogP) is 2.69. The first-order valence-corrected chi connectivity index (χ1v) is 9.58. The molecule has 0 fully saturated rings. The molecule has 1 amide bonds. The third kappa shape index (κ3) is 5.04. The number of aryl methyl sites for hydroxylation is 1. The Bertz CT molecular complexity index is 833. The van der Waals surface area contributed by atoms with E-state index in [0.717, 1.165) is 9.87 Å². The molecule has 7 nitrogen and oxygen atoms in total. The van der Waals surface area contributed by atoms with Gasteiger partial charge >= 0.3 is 0 Å². The zero-order valence-electron chi connectivity index (χ0n) is 14.7. The Kier molecular flexibility index (Phi) is 6.73. The van der Waals surface area contributed by atoms with E-state index in [1.54, 1.807) is 19.1 Å². The van der Waals surface area contributed by atoms with Crippen LogP contribution in [0.4, 0.5) is 0 Å². The number of hydroxylamine groups is 1. The first-order chi connectivity index (χ1) is 12.4. The summed E-state index contributed by atoms with van der Waals surface area (Å²) in [6.07, 6.45) is 0.534. The molecule has 0 unspecified atom stereocenters. The number of amides is 1. The second-order valence-corrected chi connectivity index (χ2v) is 7.70. The summed E-state index contributed by atoms with van der Waals surface area (Å²) >= 11 is 0. The molecule has 8 heteroatoms. The second-order valence-electron chi connectivity index (χ2n) is 5.76. The van der Waals surface area contributed by atoms with Crippen LogP contribution in [0.3, 0.4) is 0 Å². The van der Waals surface area contributed by atoms with Crippen molar-refractivity contribution in [2.24, 2.45) is 0 Å². The summed E-state index contributed by atoms with van der Waals surface area (Å²) in [4.78, 5) is 11.4. The quantitative estimate of drug-likeness (QED) is 0.544. The maximum Gasteiger partial charge on any atom is 0.258 e. The second kappa shape index (κ2) is 8.79. The predicted molar refractivity (Wildman–Crippen MR) is 96.7 cm³/mol. The fraction of sp³-hybridized carbons (Fsp3) is 0.278. The first-order valence-electron chi connectivity index (χ1n) is 8.14. The number of benzene rings is 2. The number of carbonyl (C=O) groups excluding carboxylic acids is 1. The van der Waals surface area contributed by atoms with Gasteiger partial charge in [-0.25, -0.2) is 13.9 Å². The lowest BCUT2D eigenvalue weighted by Crippen LogP contribution is -2.40. The Morgan fingerprint density at radius 2 is 1.62 bits per heavy atom. The number of carbonyl (C=O) groups is 1. The van der Waals surface area contributed by atoms with Crippen LogP contribution >= 0.6 is 0 Å². The molecule has 0 heterocycles. The molecule has 140 valence electrons. The molecule has 0 atom stereocenters. The molecule has 0 saturated carbocycles.